The van der Waals surface area contributed by atoms with E-state index in [1.165, 1.54) is 17.5 Å². The molecule has 1 saturated heterocycles. The third kappa shape index (κ3) is 2.49. The van der Waals surface area contributed by atoms with Crippen LogP contribution in [-0.2, 0) is 10.3 Å². The highest BCUT2D eigenvalue weighted by atomic mass is 16.5. The van der Waals surface area contributed by atoms with Crippen LogP contribution in [0.4, 0.5) is 0 Å². The van der Waals surface area contributed by atoms with Crippen LogP contribution in [-0.4, -0.2) is 37.9 Å². The van der Waals surface area contributed by atoms with Crippen molar-refractivity contribution in [3.05, 3.63) is 35.4 Å². The number of hydrogen-bond donors (Lipinski definition) is 2. The van der Waals surface area contributed by atoms with Crippen molar-refractivity contribution in [1.82, 2.24) is 10.4 Å². The van der Waals surface area contributed by atoms with Gasteiger partial charge in [0.05, 0.1) is 18.8 Å². The van der Waals surface area contributed by atoms with Crippen LogP contribution >= 0.6 is 0 Å². The zero-order valence-electron chi connectivity index (χ0n) is 12.3. The van der Waals surface area contributed by atoms with Crippen molar-refractivity contribution in [3.8, 4) is 0 Å². The average Bonchev–Trinajstić information content (AvgIpc) is 2.52. The van der Waals surface area contributed by atoms with E-state index >= 15 is 0 Å². The minimum atomic E-state index is -0.111. The summed E-state index contributed by atoms with van der Waals surface area (Å²) in [6, 6.07) is 8.76. The highest BCUT2D eigenvalue weighted by Gasteiger charge is 2.38. The van der Waals surface area contributed by atoms with Gasteiger partial charge in [0.25, 0.3) is 0 Å². The minimum absolute atomic E-state index is 0.111. The Hall–Kier alpha value is -0.940. The summed E-state index contributed by atoms with van der Waals surface area (Å²) in [5.41, 5.74) is 12.6. The molecule has 0 radical (unpaired) electrons. The maximum Gasteiger partial charge on any atom is 0.0699 e. The quantitative estimate of drug-likeness (QED) is 0.879. The lowest BCUT2D eigenvalue weighted by atomic mass is 9.72. The lowest BCUT2D eigenvalue weighted by Gasteiger charge is -2.45. The number of nitrogens with two attached hydrogens (primary N) is 1. The van der Waals surface area contributed by atoms with Gasteiger partial charge in [-0.15, -0.1) is 0 Å². The molecule has 1 aliphatic carbocycles. The molecule has 20 heavy (non-hydrogen) atoms. The van der Waals surface area contributed by atoms with Crippen molar-refractivity contribution in [1.29, 1.82) is 0 Å². The molecule has 3 rings (SSSR count). The second-order valence-corrected chi connectivity index (χ2v) is 6.02. The SMILES string of the molecule is CC1CCC(CN)(NN2CCOCC2)c2ccccc21. The summed E-state index contributed by atoms with van der Waals surface area (Å²) in [7, 11) is 0. The van der Waals surface area contributed by atoms with Crippen LogP contribution in [0.5, 0.6) is 0 Å². The number of benzene rings is 1. The van der Waals surface area contributed by atoms with Crippen molar-refractivity contribution >= 4 is 0 Å². The zero-order valence-corrected chi connectivity index (χ0v) is 12.3. The van der Waals surface area contributed by atoms with E-state index in [4.69, 9.17) is 10.5 Å². The first-order valence-electron chi connectivity index (χ1n) is 7.65. The molecule has 1 aliphatic heterocycles. The number of fused-ring (bicyclic) bond motifs is 1. The van der Waals surface area contributed by atoms with Crippen molar-refractivity contribution in [2.45, 2.75) is 31.2 Å². The Bertz CT molecular complexity index is 459. The molecule has 0 bridgehead atoms. The number of hydrogen-bond acceptors (Lipinski definition) is 4. The Morgan fingerprint density at radius 1 is 1.35 bits per heavy atom. The van der Waals surface area contributed by atoms with Gasteiger partial charge in [0, 0.05) is 19.6 Å². The number of hydrazine groups is 1. The predicted octanol–water partition coefficient (Wildman–Crippen LogP) is 1.57. The smallest absolute Gasteiger partial charge is 0.0699 e. The summed E-state index contributed by atoms with van der Waals surface area (Å²) < 4.78 is 5.43. The largest absolute Gasteiger partial charge is 0.379 e. The Balaban J connectivity index is 1.90. The maximum atomic E-state index is 6.20. The maximum absolute atomic E-state index is 6.20. The molecule has 2 unspecified atom stereocenters. The molecule has 2 atom stereocenters. The molecule has 1 heterocycles. The van der Waals surface area contributed by atoms with Crippen molar-refractivity contribution in [2.24, 2.45) is 5.73 Å². The van der Waals surface area contributed by atoms with E-state index in [2.05, 4.69) is 41.6 Å². The number of ether oxygens (including phenoxy) is 1. The van der Waals surface area contributed by atoms with Crippen molar-refractivity contribution < 1.29 is 4.74 Å². The van der Waals surface area contributed by atoms with Crippen LogP contribution in [0.2, 0.25) is 0 Å². The molecule has 110 valence electrons. The van der Waals surface area contributed by atoms with E-state index < -0.39 is 0 Å². The molecule has 1 aromatic carbocycles. The summed E-state index contributed by atoms with van der Waals surface area (Å²) >= 11 is 0. The molecule has 2 aliphatic rings. The summed E-state index contributed by atoms with van der Waals surface area (Å²) in [5, 5.41) is 2.28. The molecule has 0 saturated carbocycles. The molecular formula is C16H25N3O. The molecule has 0 aromatic heterocycles. The van der Waals surface area contributed by atoms with Crippen LogP contribution in [0.3, 0.4) is 0 Å². The second kappa shape index (κ2) is 5.82. The van der Waals surface area contributed by atoms with Crippen LogP contribution in [0.1, 0.15) is 36.8 Å². The number of nitrogens with one attached hydrogen (secondary N) is 1. The van der Waals surface area contributed by atoms with E-state index in [9.17, 15) is 0 Å². The molecule has 4 heteroatoms. The van der Waals surface area contributed by atoms with E-state index in [-0.39, 0.29) is 5.54 Å². The summed E-state index contributed by atoms with van der Waals surface area (Å²) in [6.07, 6.45) is 2.28. The fourth-order valence-corrected chi connectivity index (χ4v) is 3.47. The van der Waals surface area contributed by atoms with E-state index in [1.807, 2.05) is 0 Å². The highest BCUT2D eigenvalue weighted by Crippen LogP contribution is 2.40. The standard InChI is InChI=1S/C16H25N3O/c1-13-6-7-16(12-17,15-5-3-2-4-14(13)15)18-19-8-10-20-11-9-19/h2-5,13,18H,6-12,17H2,1H3. The topological polar surface area (TPSA) is 50.5 Å². The van der Waals surface area contributed by atoms with Crippen molar-refractivity contribution in [3.63, 3.8) is 0 Å². The second-order valence-electron chi connectivity index (χ2n) is 6.02. The molecular weight excluding hydrogens is 250 g/mol. The van der Waals surface area contributed by atoms with Gasteiger partial charge in [-0.3, -0.25) is 0 Å². The fourth-order valence-electron chi connectivity index (χ4n) is 3.47. The van der Waals surface area contributed by atoms with Gasteiger partial charge < -0.3 is 10.5 Å². The van der Waals surface area contributed by atoms with Crippen LogP contribution in [0, 0.1) is 0 Å². The average molecular weight is 275 g/mol. The monoisotopic (exact) mass is 275 g/mol. The highest BCUT2D eigenvalue weighted by molar-refractivity contribution is 5.39. The van der Waals surface area contributed by atoms with Gasteiger partial charge in [-0.1, -0.05) is 31.2 Å². The first kappa shape index (κ1) is 14.0. The fraction of sp³-hybridized carbons (Fsp3) is 0.625. The van der Waals surface area contributed by atoms with E-state index in [0.717, 1.165) is 32.7 Å². The van der Waals surface area contributed by atoms with Crippen LogP contribution < -0.4 is 11.2 Å². The van der Waals surface area contributed by atoms with Gasteiger partial charge in [-0.2, -0.15) is 0 Å². The van der Waals surface area contributed by atoms with Gasteiger partial charge in [-0.05, 0) is 29.9 Å². The molecule has 0 amide bonds. The van der Waals surface area contributed by atoms with Gasteiger partial charge in [0.1, 0.15) is 0 Å². The van der Waals surface area contributed by atoms with Gasteiger partial charge >= 0.3 is 0 Å². The van der Waals surface area contributed by atoms with Crippen molar-refractivity contribution in [2.75, 3.05) is 32.8 Å². The Kier molecular flexibility index (Phi) is 4.08. The van der Waals surface area contributed by atoms with Crippen LogP contribution in [0.15, 0.2) is 24.3 Å². The first-order valence-corrected chi connectivity index (χ1v) is 7.65. The molecule has 1 aromatic rings. The lowest BCUT2D eigenvalue weighted by Crippen LogP contribution is -2.59. The molecule has 4 nitrogen and oxygen atoms in total. The lowest BCUT2D eigenvalue weighted by molar-refractivity contribution is -0.0164. The summed E-state index contributed by atoms with van der Waals surface area (Å²) in [5.74, 6) is 0.623. The Labute approximate surface area is 121 Å². The normalized spacial score (nSPS) is 31.0. The minimum Gasteiger partial charge on any atom is -0.379 e. The predicted molar refractivity (Wildman–Crippen MR) is 80.4 cm³/mol. The number of morpholine rings is 1. The number of rotatable bonds is 3. The number of nitrogens with zero attached hydrogens (tertiary/aromatic N) is 1. The van der Waals surface area contributed by atoms with Gasteiger partial charge in [0.2, 0.25) is 0 Å². The van der Waals surface area contributed by atoms with E-state index in [1.54, 1.807) is 0 Å². The summed E-state index contributed by atoms with van der Waals surface area (Å²) in [4.78, 5) is 0. The Morgan fingerprint density at radius 3 is 2.85 bits per heavy atom. The molecule has 0 spiro atoms. The van der Waals surface area contributed by atoms with Gasteiger partial charge in [0.15, 0.2) is 0 Å². The summed E-state index contributed by atoms with van der Waals surface area (Å²) in [6.45, 7) is 6.40. The van der Waals surface area contributed by atoms with E-state index in [0.29, 0.717) is 12.5 Å². The first-order chi connectivity index (χ1) is 9.75. The van der Waals surface area contributed by atoms with Crippen LogP contribution in [0.25, 0.3) is 0 Å². The molecule has 1 fully saturated rings. The third-order valence-corrected chi connectivity index (χ3v) is 4.74. The Morgan fingerprint density at radius 2 is 2.10 bits per heavy atom. The van der Waals surface area contributed by atoms with Gasteiger partial charge in [-0.25, -0.2) is 10.4 Å². The molecule has 3 N–H and O–H groups in total. The third-order valence-electron chi connectivity index (χ3n) is 4.74. The zero-order chi connectivity index (χ0) is 14.0.